The molecule has 0 amide bonds. The Labute approximate surface area is 188 Å². The zero-order valence-electron chi connectivity index (χ0n) is 18.8. The van der Waals surface area contributed by atoms with Crippen LogP contribution in [0.1, 0.15) is 48.7 Å². The molecule has 7 nitrogen and oxygen atoms in total. The van der Waals surface area contributed by atoms with Crippen molar-refractivity contribution < 1.29 is 0 Å². The highest BCUT2D eigenvalue weighted by Crippen LogP contribution is 2.41. The fourth-order valence-electron chi connectivity index (χ4n) is 5.35. The third kappa shape index (κ3) is 3.94. The van der Waals surface area contributed by atoms with E-state index < -0.39 is 0 Å². The molecule has 7 heteroatoms. The highest BCUT2D eigenvalue weighted by molar-refractivity contribution is 5.83. The summed E-state index contributed by atoms with van der Waals surface area (Å²) in [5.74, 6) is 0.725. The van der Waals surface area contributed by atoms with E-state index >= 15 is 0 Å². The Morgan fingerprint density at radius 3 is 2.53 bits per heavy atom. The van der Waals surface area contributed by atoms with Crippen LogP contribution >= 0.6 is 0 Å². The molecule has 0 saturated heterocycles. The van der Waals surface area contributed by atoms with Crippen molar-refractivity contribution in [3.05, 3.63) is 77.7 Å². The number of para-hydroxylation sites is 1. The number of nitrogens with zero attached hydrogens (tertiary/aromatic N) is 4. The van der Waals surface area contributed by atoms with Gasteiger partial charge in [-0.25, -0.2) is 0 Å². The van der Waals surface area contributed by atoms with Gasteiger partial charge in [0.2, 0.25) is 0 Å². The Morgan fingerprint density at radius 1 is 1.06 bits per heavy atom. The SMILES string of the molecule is CN(C)C1(c2ccccc2)CCC(NC(Cc2c[nH]c3ccccc23)c2nn[nH]n2)CC1. The van der Waals surface area contributed by atoms with E-state index in [4.69, 9.17) is 0 Å². The number of aromatic nitrogens is 5. The molecule has 1 aliphatic rings. The van der Waals surface area contributed by atoms with Gasteiger partial charge in [-0.3, -0.25) is 4.90 Å². The van der Waals surface area contributed by atoms with Gasteiger partial charge in [-0.15, -0.1) is 10.2 Å². The molecule has 166 valence electrons. The highest BCUT2D eigenvalue weighted by Gasteiger charge is 2.39. The summed E-state index contributed by atoms with van der Waals surface area (Å²) < 4.78 is 0. The van der Waals surface area contributed by atoms with Crippen molar-refractivity contribution in [2.45, 2.75) is 49.7 Å². The van der Waals surface area contributed by atoms with E-state index in [9.17, 15) is 0 Å². The fourth-order valence-corrected chi connectivity index (χ4v) is 5.35. The molecule has 0 aliphatic heterocycles. The Kier molecular flexibility index (Phi) is 5.76. The number of H-pyrrole nitrogens is 2. The molecule has 0 radical (unpaired) electrons. The minimum Gasteiger partial charge on any atom is -0.361 e. The molecule has 1 unspecified atom stereocenters. The predicted octanol–water partition coefficient (Wildman–Crippen LogP) is 3.95. The van der Waals surface area contributed by atoms with Crippen LogP contribution in [0.3, 0.4) is 0 Å². The van der Waals surface area contributed by atoms with Gasteiger partial charge < -0.3 is 10.3 Å². The summed E-state index contributed by atoms with van der Waals surface area (Å²) in [6.45, 7) is 0. The second-order valence-corrected chi connectivity index (χ2v) is 9.12. The molecule has 4 aromatic rings. The first-order valence-electron chi connectivity index (χ1n) is 11.4. The number of rotatable bonds is 7. The predicted molar refractivity (Wildman–Crippen MR) is 126 cm³/mol. The number of hydrogen-bond donors (Lipinski definition) is 3. The maximum Gasteiger partial charge on any atom is 0.191 e. The normalized spacial score (nSPS) is 22.4. The van der Waals surface area contributed by atoms with Crippen molar-refractivity contribution in [3.63, 3.8) is 0 Å². The Morgan fingerprint density at radius 2 is 1.81 bits per heavy atom. The lowest BCUT2D eigenvalue weighted by Gasteiger charge is -2.46. The van der Waals surface area contributed by atoms with E-state index in [-0.39, 0.29) is 11.6 Å². The number of tetrazole rings is 1. The maximum absolute atomic E-state index is 4.32. The minimum absolute atomic E-state index is 0.0153. The van der Waals surface area contributed by atoms with E-state index in [0.29, 0.717) is 6.04 Å². The molecule has 1 atom stereocenters. The summed E-state index contributed by atoms with van der Waals surface area (Å²) in [6, 6.07) is 19.8. The molecule has 5 rings (SSSR count). The molecule has 0 bridgehead atoms. The van der Waals surface area contributed by atoms with Gasteiger partial charge in [0.1, 0.15) is 0 Å². The second-order valence-electron chi connectivity index (χ2n) is 9.12. The lowest BCUT2D eigenvalue weighted by Crippen LogP contribution is -2.48. The topological polar surface area (TPSA) is 85.5 Å². The standard InChI is InChI=1S/C25H31N7/c1-32(2)25(19-8-4-3-5-9-19)14-12-20(13-15-25)27-23(24-28-30-31-29-24)16-18-17-26-22-11-7-6-10-21(18)22/h3-11,17,20,23,26-27H,12-16H2,1-2H3,(H,28,29,30,31). The van der Waals surface area contributed by atoms with E-state index in [0.717, 1.165) is 43.4 Å². The average Bonchev–Trinajstić information content (AvgIpc) is 3.50. The molecule has 3 N–H and O–H groups in total. The van der Waals surface area contributed by atoms with Gasteiger partial charge in [0, 0.05) is 28.7 Å². The first-order chi connectivity index (χ1) is 15.7. The van der Waals surface area contributed by atoms with Crippen molar-refractivity contribution in [3.8, 4) is 0 Å². The number of hydrogen-bond acceptors (Lipinski definition) is 5. The van der Waals surface area contributed by atoms with Gasteiger partial charge in [-0.05, 0) is 63.4 Å². The van der Waals surface area contributed by atoms with Crippen LogP contribution in [0, 0.1) is 0 Å². The van der Waals surface area contributed by atoms with Crippen LogP contribution in [0.25, 0.3) is 10.9 Å². The number of aromatic amines is 2. The smallest absolute Gasteiger partial charge is 0.191 e. The monoisotopic (exact) mass is 429 g/mol. The summed E-state index contributed by atoms with van der Waals surface area (Å²) in [5, 5.41) is 20.2. The van der Waals surface area contributed by atoms with Crippen LogP contribution in [0.15, 0.2) is 60.8 Å². The largest absolute Gasteiger partial charge is 0.361 e. The molecule has 2 heterocycles. The van der Waals surface area contributed by atoms with Crippen LogP contribution in [-0.4, -0.2) is 50.6 Å². The summed E-state index contributed by atoms with van der Waals surface area (Å²) >= 11 is 0. The molecular weight excluding hydrogens is 398 g/mol. The lowest BCUT2D eigenvalue weighted by molar-refractivity contribution is 0.0830. The van der Waals surface area contributed by atoms with Crippen LogP contribution in [0.5, 0.6) is 0 Å². The lowest BCUT2D eigenvalue weighted by atomic mass is 9.74. The minimum atomic E-state index is 0.0153. The number of benzene rings is 2. The van der Waals surface area contributed by atoms with E-state index in [2.05, 4.69) is 111 Å². The van der Waals surface area contributed by atoms with Gasteiger partial charge in [-0.1, -0.05) is 53.7 Å². The van der Waals surface area contributed by atoms with Crippen LogP contribution in [0.2, 0.25) is 0 Å². The number of fused-ring (bicyclic) bond motifs is 1. The van der Waals surface area contributed by atoms with Gasteiger partial charge in [0.15, 0.2) is 5.82 Å². The third-order valence-electron chi connectivity index (χ3n) is 7.19. The van der Waals surface area contributed by atoms with Crippen LogP contribution < -0.4 is 5.32 Å². The average molecular weight is 430 g/mol. The van der Waals surface area contributed by atoms with Crippen LogP contribution in [0.4, 0.5) is 0 Å². The van der Waals surface area contributed by atoms with E-state index in [1.807, 2.05) is 0 Å². The summed E-state index contributed by atoms with van der Waals surface area (Å²) in [5.41, 5.74) is 3.94. The molecule has 32 heavy (non-hydrogen) atoms. The zero-order valence-corrected chi connectivity index (χ0v) is 18.8. The van der Waals surface area contributed by atoms with Gasteiger partial charge in [-0.2, -0.15) is 5.21 Å². The van der Waals surface area contributed by atoms with Crippen molar-refractivity contribution in [2.75, 3.05) is 14.1 Å². The van der Waals surface area contributed by atoms with Crippen LogP contribution in [-0.2, 0) is 12.0 Å². The van der Waals surface area contributed by atoms with Gasteiger partial charge >= 0.3 is 0 Å². The fraction of sp³-hybridized carbons (Fsp3) is 0.400. The summed E-state index contributed by atoms with van der Waals surface area (Å²) in [6.07, 6.45) is 7.37. The highest BCUT2D eigenvalue weighted by atomic mass is 15.5. The molecule has 2 aromatic carbocycles. The first-order valence-corrected chi connectivity index (χ1v) is 11.4. The maximum atomic E-state index is 4.32. The van der Waals surface area contributed by atoms with E-state index in [1.54, 1.807) is 0 Å². The Bertz CT molecular complexity index is 1130. The quantitative estimate of drug-likeness (QED) is 0.414. The molecular formula is C25H31N7. The summed E-state index contributed by atoms with van der Waals surface area (Å²) in [7, 11) is 4.42. The summed E-state index contributed by atoms with van der Waals surface area (Å²) in [4.78, 5) is 5.79. The van der Waals surface area contributed by atoms with Gasteiger partial charge in [0.05, 0.1) is 6.04 Å². The van der Waals surface area contributed by atoms with Crippen molar-refractivity contribution >= 4 is 10.9 Å². The first kappa shape index (κ1) is 20.8. The molecule has 1 fully saturated rings. The van der Waals surface area contributed by atoms with Crippen molar-refractivity contribution in [1.29, 1.82) is 0 Å². The van der Waals surface area contributed by atoms with Crippen molar-refractivity contribution in [2.24, 2.45) is 0 Å². The van der Waals surface area contributed by atoms with Gasteiger partial charge in [0.25, 0.3) is 0 Å². The van der Waals surface area contributed by atoms with Crippen molar-refractivity contribution in [1.82, 2.24) is 35.8 Å². The number of nitrogens with one attached hydrogen (secondary N) is 3. The molecule has 1 saturated carbocycles. The molecule has 0 spiro atoms. The second kappa shape index (κ2) is 8.84. The third-order valence-corrected chi connectivity index (χ3v) is 7.19. The van der Waals surface area contributed by atoms with E-state index in [1.165, 1.54) is 16.5 Å². The Hall–Kier alpha value is -3.03. The Balaban J connectivity index is 1.33. The molecule has 2 aromatic heterocycles. The zero-order chi connectivity index (χ0) is 22.0. The molecule has 1 aliphatic carbocycles.